The van der Waals surface area contributed by atoms with E-state index in [1.165, 1.54) is 0 Å². The average Bonchev–Trinajstić information content (AvgIpc) is 2.58. The first-order valence-corrected chi connectivity index (χ1v) is 8.13. The van der Waals surface area contributed by atoms with E-state index in [0.29, 0.717) is 11.1 Å². The van der Waals surface area contributed by atoms with Gasteiger partial charge in [0.25, 0.3) is 0 Å². The summed E-state index contributed by atoms with van der Waals surface area (Å²) >= 11 is 3.38. The predicted molar refractivity (Wildman–Crippen MR) is 101 cm³/mol. The van der Waals surface area contributed by atoms with Crippen LogP contribution in [0.15, 0.2) is 71.3 Å². The molecular formula is C19H15BrN2O2. The van der Waals surface area contributed by atoms with Crippen molar-refractivity contribution in [1.82, 2.24) is 5.32 Å². The normalized spacial score (nSPS) is 10.9. The fourth-order valence-electron chi connectivity index (χ4n) is 2.35. The van der Waals surface area contributed by atoms with Crippen LogP contribution in [0.5, 0.6) is 5.75 Å². The Morgan fingerprint density at radius 1 is 0.958 bits per heavy atom. The summed E-state index contributed by atoms with van der Waals surface area (Å²) in [5, 5.41) is 16.8. The highest BCUT2D eigenvalue weighted by Gasteiger charge is 2.06. The van der Waals surface area contributed by atoms with Crippen molar-refractivity contribution < 1.29 is 9.90 Å². The lowest BCUT2D eigenvalue weighted by atomic mass is 10.1. The van der Waals surface area contributed by atoms with Crippen LogP contribution in [0.3, 0.4) is 0 Å². The van der Waals surface area contributed by atoms with Crippen LogP contribution in [0.1, 0.15) is 5.56 Å². The number of benzene rings is 3. The van der Waals surface area contributed by atoms with E-state index < -0.39 is 0 Å². The number of hydrogen-bond donors (Lipinski definition) is 3. The molecular weight excluding hydrogens is 368 g/mol. The molecule has 120 valence electrons. The zero-order chi connectivity index (χ0) is 16.9. The molecule has 0 bridgehead atoms. The van der Waals surface area contributed by atoms with E-state index in [4.69, 9.17) is 0 Å². The molecule has 0 spiro atoms. The van der Waals surface area contributed by atoms with Gasteiger partial charge in [-0.3, -0.25) is 0 Å². The van der Waals surface area contributed by atoms with Gasteiger partial charge in [-0.25, -0.2) is 4.79 Å². The summed E-state index contributed by atoms with van der Waals surface area (Å²) in [6.45, 7) is 0. The molecule has 3 N–H and O–H groups in total. The lowest BCUT2D eigenvalue weighted by molar-refractivity contribution is 0.255. The van der Waals surface area contributed by atoms with Gasteiger partial charge in [-0.2, -0.15) is 0 Å². The maximum absolute atomic E-state index is 12.0. The number of rotatable bonds is 3. The van der Waals surface area contributed by atoms with Gasteiger partial charge in [0, 0.05) is 21.4 Å². The fraction of sp³-hybridized carbons (Fsp3) is 0. The third kappa shape index (κ3) is 3.75. The molecule has 0 fully saturated rings. The van der Waals surface area contributed by atoms with Crippen LogP contribution in [0.4, 0.5) is 10.5 Å². The molecule has 4 nitrogen and oxygen atoms in total. The van der Waals surface area contributed by atoms with E-state index >= 15 is 0 Å². The van der Waals surface area contributed by atoms with Crippen molar-refractivity contribution in [3.05, 3.63) is 76.9 Å². The van der Waals surface area contributed by atoms with Crippen LogP contribution >= 0.6 is 15.9 Å². The highest BCUT2D eigenvalue weighted by atomic mass is 79.9. The molecule has 0 saturated heterocycles. The number of halogens is 1. The molecule has 0 atom stereocenters. The van der Waals surface area contributed by atoms with E-state index in [2.05, 4.69) is 26.6 Å². The number of amides is 2. The molecule has 0 aliphatic carbocycles. The first-order chi connectivity index (χ1) is 11.6. The third-order valence-electron chi connectivity index (χ3n) is 3.51. The molecule has 0 aromatic heterocycles. The molecule has 0 aliphatic rings. The SMILES string of the molecule is O=C(N/C=C/c1ccc(Br)cc1)Nc1cccc2c(O)cccc12. The summed E-state index contributed by atoms with van der Waals surface area (Å²) in [4.78, 5) is 12.0. The van der Waals surface area contributed by atoms with Crippen LogP contribution < -0.4 is 10.6 Å². The van der Waals surface area contributed by atoms with Crippen LogP contribution in [0, 0.1) is 0 Å². The van der Waals surface area contributed by atoms with Crippen molar-refractivity contribution in [2.75, 3.05) is 5.32 Å². The van der Waals surface area contributed by atoms with Gasteiger partial charge in [0.15, 0.2) is 0 Å². The van der Waals surface area contributed by atoms with E-state index in [1.54, 1.807) is 42.6 Å². The first-order valence-electron chi connectivity index (χ1n) is 7.34. The molecule has 5 heteroatoms. The van der Waals surface area contributed by atoms with E-state index in [0.717, 1.165) is 15.4 Å². The number of fused-ring (bicyclic) bond motifs is 1. The van der Waals surface area contributed by atoms with Gasteiger partial charge < -0.3 is 15.7 Å². The van der Waals surface area contributed by atoms with Crippen LogP contribution in [-0.4, -0.2) is 11.1 Å². The van der Waals surface area contributed by atoms with Crippen molar-refractivity contribution in [3.8, 4) is 5.75 Å². The number of nitrogens with one attached hydrogen (secondary N) is 2. The molecule has 0 heterocycles. The summed E-state index contributed by atoms with van der Waals surface area (Å²) in [5.41, 5.74) is 1.62. The Balaban J connectivity index is 1.69. The standard InChI is InChI=1S/C19H15BrN2O2/c20-14-9-7-13(8-10-14)11-12-21-19(24)22-17-5-1-4-16-15(17)3-2-6-18(16)23/h1-12,23H,(H2,21,22,24)/b12-11+. The molecule has 24 heavy (non-hydrogen) atoms. The van der Waals surface area contributed by atoms with Crippen molar-refractivity contribution in [3.63, 3.8) is 0 Å². The molecule has 2 amide bonds. The van der Waals surface area contributed by atoms with Gasteiger partial charge in [-0.15, -0.1) is 0 Å². The van der Waals surface area contributed by atoms with E-state index in [1.807, 2.05) is 30.3 Å². The second-order valence-corrected chi connectivity index (χ2v) is 6.08. The molecule has 0 aliphatic heterocycles. The average molecular weight is 383 g/mol. The largest absolute Gasteiger partial charge is 0.507 e. The van der Waals surface area contributed by atoms with E-state index in [9.17, 15) is 9.90 Å². The minimum Gasteiger partial charge on any atom is -0.507 e. The summed E-state index contributed by atoms with van der Waals surface area (Å²) in [6, 6.07) is 18.0. The lowest BCUT2D eigenvalue weighted by Crippen LogP contribution is -2.23. The highest BCUT2D eigenvalue weighted by Crippen LogP contribution is 2.29. The Kier molecular flexibility index (Phi) is 4.82. The first kappa shape index (κ1) is 16.1. The zero-order valence-corrected chi connectivity index (χ0v) is 14.2. The van der Waals surface area contributed by atoms with Gasteiger partial charge in [0.1, 0.15) is 5.75 Å². The number of carbonyl (C=O) groups excluding carboxylic acids is 1. The minimum absolute atomic E-state index is 0.187. The van der Waals surface area contributed by atoms with Gasteiger partial charge in [-0.1, -0.05) is 52.3 Å². The molecule has 3 aromatic carbocycles. The number of urea groups is 1. The van der Waals surface area contributed by atoms with Gasteiger partial charge in [-0.05, 0) is 35.9 Å². The molecule has 3 aromatic rings. The number of phenols is 1. The summed E-state index contributed by atoms with van der Waals surface area (Å²) in [5.74, 6) is 0.187. The molecule has 0 radical (unpaired) electrons. The smallest absolute Gasteiger partial charge is 0.323 e. The summed E-state index contributed by atoms with van der Waals surface area (Å²) in [6.07, 6.45) is 3.39. The van der Waals surface area contributed by atoms with Crippen molar-refractivity contribution in [2.45, 2.75) is 0 Å². The second kappa shape index (κ2) is 7.19. The van der Waals surface area contributed by atoms with E-state index in [-0.39, 0.29) is 11.8 Å². The monoisotopic (exact) mass is 382 g/mol. The van der Waals surface area contributed by atoms with Crippen molar-refractivity contribution in [2.24, 2.45) is 0 Å². The zero-order valence-electron chi connectivity index (χ0n) is 12.7. The van der Waals surface area contributed by atoms with Crippen LogP contribution in [-0.2, 0) is 0 Å². The van der Waals surface area contributed by atoms with Gasteiger partial charge in [0.05, 0.1) is 5.69 Å². The topological polar surface area (TPSA) is 61.4 Å². The highest BCUT2D eigenvalue weighted by molar-refractivity contribution is 9.10. The number of carbonyl (C=O) groups is 1. The fourth-order valence-corrected chi connectivity index (χ4v) is 2.61. The summed E-state index contributed by atoms with van der Waals surface area (Å²) < 4.78 is 1.00. The predicted octanol–water partition coefficient (Wildman–Crippen LogP) is 5.10. The number of phenolic OH excluding ortho intramolecular Hbond substituents is 1. The van der Waals surface area contributed by atoms with Crippen LogP contribution in [0.25, 0.3) is 16.8 Å². The number of anilines is 1. The molecule has 3 rings (SSSR count). The summed E-state index contributed by atoms with van der Waals surface area (Å²) in [7, 11) is 0. The Morgan fingerprint density at radius 3 is 2.46 bits per heavy atom. The van der Waals surface area contributed by atoms with Gasteiger partial charge in [0.2, 0.25) is 0 Å². The third-order valence-corrected chi connectivity index (χ3v) is 4.04. The Hall–Kier alpha value is -2.79. The lowest BCUT2D eigenvalue weighted by Gasteiger charge is -2.09. The minimum atomic E-state index is -0.348. The quantitative estimate of drug-likeness (QED) is 0.589. The molecule has 0 saturated carbocycles. The second-order valence-electron chi connectivity index (χ2n) is 5.16. The van der Waals surface area contributed by atoms with Crippen molar-refractivity contribution in [1.29, 1.82) is 0 Å². The molecule has 0 unspecified atom stereocenters. The number of hydrogen-bond acceptors (Lipinski definition) is 2. The Morgan fingerprint density at radius 2 is 1.67 bits per heavy atom. The number of aromatic hydroxyl groups is 1. The van der Waals surface area contributed by atoms with Crippen molar-refractivity contribution >= 4 is 44.5 Å². The Labute approximate surface area is 147 Å². The maximum Gasteiger partial charge on any atom is 0.323 e. The van der Waals surface area contributed by atoms with Gasteiger partial charge >= 0.3 is 6.03 Å². The maximum atomic E-state index is 12.0. The Bertz CT molecular complexity index is 905. The van der Waals surface area contributed by atoms with Crippen LogP contribution in [0.2, 0.25) is 0 Å².